The molecule has 1 heterocycles. The number of hydrogen-bond acceptors (Lipinski definition) is 3. The van der Waals surface area contributed by atoms with Crippen molar-refractivity contribution < 1.29 is 9.90 Å². The highest BCUT2D eigenvalue weighted by Gasteiger charge is 1.98. The lowest BCUT2D eigenvalue weighted by Gasteiger charge is -1.85. The van der Waals surface area contributed by atoms with Gasteiger partial charge in [0.15, 0.2) is 0 Å². The van der Waals surface area contributed by atoms with E-state index in [4.69, 9.17) is 5.11 Å². The summed E-state index contributed by atoms with van der Waals surface area (Å²) in [5, 5.41) is 10.2. The first-order valence-electron chi connectivity index (χ1n) is 2.98. The zero-order chi connectivity index (χ0) is 8.69. The summed E-state index contributed by atoms with van der Waals surface area (Å²) in [7, 11) is 0. The number of rotatable bonds is 2. The van der Waals surface area contributed by atoms with E-state index in [9.17, 15) is 4.79 Å². The maximum Gasteiger partial charge on any atom is 0.308 e. The van der Waals surface area contributed by atoms with E-state index in [1.54, 1.807) is 6.26 Å². The molecule has 0 saturated carbocycles. The normalized spacial score (nSPS) is 8.18. The molecule has 0 saturated heterocycles. The summed E-state index contributed by atoms with van der Waals surface area (Å²) in [6, 6.07) is 3.67. The van der Waals surface area contributed by atoms with Crippen molar-refractivity contribution in [2.75, 3.05) is 6.26 Å². The van der Waals surface area contributed by atoms with Crippen molar-refractivity contribution in [2.24, 2.45) is 0 Å². The molecule has 0 atom stereocenters. The van der Waals surface area contributed by atoms with E-state index in [2.05, 4.69) is 12.6 Å². The second-order valence-corrected chi connectivity index (χ2v) is 2.68. The lowest BCUT2D eigenvalue weighted by Crippen LogP contribution is -1.96. The lowest BCUT2D eigenvalue weighted by molar-refractivity contribution is -0.136. The minimum atomic E-state index is -0.766. The Hall–Kier alpha value is -0.480. The Morgan fingerprint density at radius 2 is 2.36 bits per heavy atom. The van der Waals surface area contributed by atoms with Crippen molar-refractivity contribution in [1.29, 1.82) is 0 Å². The van der Waals surface area contributed by atoms with E-state index in [-0.39, 0.29) is 6.42 Å². The van der Waals surface area contributed by atoms with Gasteiger partial charge in [0.2, 0.25) is 0 Å². The number of carboxylic acid groups (broad SMARTS) is 1. The van der Waals surface area contributed by atoms with Gasteiger partial charge in [-0.3, -0.25) is 4.79 Å². The number of carboxylic acids is 1. The van der Waals surface area contributed by atoms with Crippen molar-refractivity contribution in [3.8, 4) is 0 Å². The molecular formula is C7H10O2S2. The van der Waals surface area contributed by atoms with Crippen LogP contribution >= 0.6 is 24.0 Å². The van der Waals surface area contributed by atoms with E-state index < -0.39 is 5.97 Å². The number of thiophene rings is 1. The summed E-state index contributed by atoms with van der Waals surface area (Å²) in [4.78, 5) is 11.0. The topological polar surface area (TPSA) is 37.3 Å². The van der Waals surface area contributed by atoms with Crippen LogP contribution in [0.3, 0.4) is 0 Å². The predicted molar refractivity (Wildman–Crippen MR) is 50.6 cm³/mol. The maximum absolute atomic E-state index is 10.1. The highest BCUT2D eigenvalue weighted by molar-refractivity contribution is 7.79. The third-order valence-electron chi connectivity index (χ3n) is 0.906. The van der Waals surface area contributed by atoms with Crippen LogP contribution in [0.1, 0.15) is 4.88 Å². The Labute approximate surface area is 75.3 Å². The predicted octanol–water partition coefficient (Wildman–Crippen LogP) is 1.92. The molecule has 1 N–H and O–H groups in total. The van der Waals surface area contributed by atoms with E-state index >= 15 is 0 Å². The van der Waals surface area contributed by atoms with Gasteiger partial charge in [0.1, 0.15) is 0 Å². The van der Waals surface area contributed by atoms with E-state index in [1.807, 2.05) is 17.5 Å². The first kappa shape index (κ1) is 10.5. The third-order valence-corrected chi connectivity index (χ3v) is 1.78. The van der Waals surface area contributed by atoms with Crippen LogP contribution in [0.4, 0.5) is 0 Å². The summed E-state index contributed by atoms with van der Waals surface area (Å²) in [5.74, 6) is -0.766. The van der Waals surface area contributed by atoms with Crippen molar-refractivity contribution in [1.82, 2.24) is 0 Å². The number of thiol groups is 1. The second kappa shape index (κ2) is 6.24. The van der Waals surface area contributed by atoms with Gasteiger partial charge in [0.05, 0.1) is 6.42 Å². The van der Waals surface area contributed by atoms with Gasteiger partial charge in [-0.2, -0.15) is 12.6 Å². The van der Waals surface area contributed by atoms with Crippen LogP contribution in [0.5, 0.6) is 0 Å². The number of hydrogen-bond donors (Lipinski definition) is 2. The molecule has 1 aromatic heterocycles. The van der Waals surface area contributed by atoms with Gasteiger partial charge in [-0.15, -0.1) is 11.3 Å². The standard InChI is InChI=1S/C6H6O2S.CH4S/c7-6(8)4-5-2-1-3-9-5;1-2/h1-3H,4H2,(H,7,8);2H,1H3. The molecule has 0 aliphatic carbocycles. The van der Waals surface area contributed by atoms with Gasteiger partial charge in [0.25, 0.3) is 0 Å². The minimum Gasteiger partial charge on any atom is -0.481 e. The fraction of sp³-hybridized carbons (Fsp3) is 0.286. The molecular weight excluding hydrogens is 180 g/mol. The first-order chi connectivity index (χ1) is 5.29. The van der Waals surface area contributed by atoms with Gasteiger partial charge >= 0.3 is 5.97 Å². The second-order valence-electron chi connectivity index (χ2n) is 1.65. The minimum absolute atomic E-state index is 0.150. The highest BCUT2D eigenvalue weighted by atomic mass is 32.1. The van der Waals surface area contributed by atoms with Crippen molar-refractivity contribution >= 4 is 29.9 Å². The molecule has 0 aliphatic heterocycles. The monoisotopic (exact) mass is 190 g/mol. The molecule has 0 spiro atoms. The van der Waals surface area contributed by atoms with Crippen LogP contribution in [0.25, 0.3) is 0 Å². The molecule has 1 rings (SSSR count). The van der Waals surface area contributed by atoms with Gasteiger partial charge < -0.3 is 5.11 Å². The van der Waals surface area contributed by atoms with Crippen LogP contribution in [-0.4, -0.2) is 17.3 Å². The molecule has 0 unspecified atom stereocenters. The zero-order valence-corrected chi connectivity index (χ0v) is 7.86. The van der Waals surface area contributed by atoms with Crippen molar-refractivity contribution in [2.45, 2.75) is 6.42 Å². The molecule has 0 amide bonds. The van der Waals surface area contributed by atoms with Gasteiger partial charge in [-0.05, 0) is 17.7 Å². The average Bonchev–Trinajstić information content (AvgIpc) is 2.43. The number of carbonyl (C=O) groups is 1. The van der Waals surface area contributed by atoms with Gasteiger partial charge in [-0.1, -0.05) is 6.07 Å². The highest BCUT2D eigenvalue weighted by Crippen LogP contribution is 2.08. The van der Waals surface area contributed by atoms with Crippen molar-refractivity contribution in [3.63, 3.8) is 0 Å². The summed E-state index contributed by atoms with van der Waals surface area (Å²) in [6.45, 7) is 0. The third kappa shape index (κ3) is 4.86. The van der Waals surface area contributed by atoms with Crippen LogP contribution in [-0.2, 0) is 11.2 Å². The molecule has 4 heteroatoms. The summed E-state index contributed by atoms with van der Waals surface area (Å²) in [6.07, 6.45) is 1.84. The van der Waals surface area contributed by atoms with E-state index in [0.29, 0.717) is 0 Å². The molecule has 2 nitrogen and oxygen atoms in total. The summed E-state index contributed by atoms with van der Waals surface area (Å²) >= 11 is 5.00. The average molecular weight is 190 g/mol. The largest absolute Gasteiger partial charge is 0.481 e. The lowest BCUT2D eigenvalue weighted by atomic mass is 10.3. The molecule has 1 aromatic rings. The van der Waals surface area contributed by atoms with E-state index in [1.165, 1.54) is 11.3 Å². The van der Waals surface area contributed by atoms with Crippen LogP contribution in [0.15, 0.2) is 17.5 Å². The van der Waals surface area contributed by atoms with Crippen molar-refractivity contribution in [3.05, 3.63) is 22.4 Å². The van der Waals surface area contributed by atoms with Crippen LogP contribution < -0.4 is 0 Å². The Bertz CT molecular complexity index is 194. The summed E-state index contributed by atoms with van der Waals surface area (Å²) < 4.78 is 0. The quantitative estimate of drug-likeness (QED) is 0.699. The molecule has 0 aliphatic rings. The maximum atomic E-state index is 10.1. The summed E-state index contributed by atoms with van der Waals surface area (Å²) in [5.41, 5.74) is 0. The fourth-order valence-electron chi connectivity index (χ4n) is 0.562. The fourth-order valence-corrected chi connectivity index (χ4v) is 1.26. The Morgan fingerprint density at radius 3 is 2.73 bits per heavy atom. The molecule has 62 valence electrons. The van der Waals surface area contributed by atoms with Gasteiger partial charge in [0, 0.05) is 4.88 Å². The number of aliphatic carboxylic acids is 1. The zero-order valence-electron chi connectivity index (χ0n) is 6.15. The molecule has 0 radical (unpaired) electrons. The molecule has 11 heavy (non-hydrogen) atoms. The van der Waals surface area contributed by atoms with E-state index in [0.717, 1.165) is 4.88 Å². The Morgan fingerprint density at radius 1 is 1.73 bits per heavy atom. The van der Waals surface area contributed by atoms with Crippen LogP contribution in [0.2, 0.25) is 0 Å². The first-order valence-corrected chi connectivity index (χ1v) is 4.75. The molecule has 0 fully saturated rings. The molecule has 0 aromatic carbocycles. The SMILES string of the molecule is CS.O=C(O)Cc1cccs1. The van der Waals surface area contributed by atoms with Gasteiger partial charge in [-0.25, -0.2) is 0 Å². The Kier molecular flexibility index (Phi) is 5.97. The van der Waals surface area contributed by atoms with Crippen LogP contribution in [0, 0.1) is 0 Å². The molecule has 0 bridgehead atoms. The Balaban J connectivity index is 0.000000461. The smallest absolute Gasteiger partial charge is 0.308 e.